The van der Waals surface area contributed by atoms with E-state index in [2.05, 4.69) is 19.7 Å². The van der Waals surface area contributed by atoms with E-state index in [1.165, 1.54) is 7.05 Å². The zero-order chi connectivity index (χ0) is 16.7. The molecule has 0 saturated carbocycles. The summed E-state index contributed by atoms with van der Waals surface area (Å²) in [4.78, 5) is 14.8. The normalized spacial score (nSPS) is 16.3. The van der Waals surface area contributed by atoms with E-state index in [1.807, 2.05) is 41.3 Å². The van der Waals surface area contributed by atoms with Crippen LogP contribution in [0.2, 0.25) is 0 Å². The van der Waals surface area contributed by atoms with Crippen LogP contribution in [0.15, 0.2) is 46.7 Å². The molecule has 2 aromatic rings. The summed E-state index contributed by atoms with van der Waals surface area (Å²) in [5, 5.41) is -0.230. The summed E-state index contributed by atoms with van der Waals surface area (Å²) in [6.07, 6.45) is 3.51. The van der Waals surface area contributed by atoms with E-state index >= 15 is 0 Å². The van der Waals surface area contributed by atoms with Crippen LogP contribution in [0.3, 0.4) is 0 Å². The average Bonchev–Trinajstić information content (AvgIpc) is 3.11. The highest BCUT2D eigenvalue weighted by Crippen LogP contribution is 2.34. The number of anilines is 1. The third-order valence-corrected chi connectivity index (χ3v) is 5.22. The highest BCUT2D eigenvalue weighted by molar-refractivity contribution is 7.89. The molecule has 1 N–H and O–H groups in total. The summed E-state index contributed by atoms with van der Waals surface area (Å²) in [6.45, 7) is 1.32. The fourth-order valence-electron chi connectivity index (χ4n) is 2.84. The Bertz CT molecular complexity index is 967. The van der Waals surface area contributed by atoms with Crippen molar-refractivity contribution >= 4 is 33.3 Å². The molecule has 3 heterocycles. The van der Waals surface area contributed by atoms with Crippen molar-refractivity contribution in [3.05, 3.63) is 47.7 Å². The van der Waals surface area contributed by atoms with Crippen molar-refractivity contribution in [2.75, 3.05) is 25.0 Å². The fraction of sp³-hybridized carbons (Fsp3) is 0.188. The zero-order valence-corrected chi connectivity index (χ0v) is 13.8. The van der Waals surface area contributed by atoms with Gasteiger partial charge in [-0.05, 0) is 18.7 Å². The summed E-state index contributed by atoms with van der Waals surface area (Å²) in [6, 6.07) is 9.97. The van der Waals surface area contributed by atoms with Crippen LogP contribution in [0, 0.1) is 0 Å². The predicted octanol–water partition coefficient (Wildman–Crippen LogP) is 1.16. The van der Waals surface area contributed by atoms with Crippen LogP contribution >= 0.6 is 0 Å². The number of fused-ring (bicyclic) bond motifs is 3. The van der Waals surface area contributed by atoms with Gasteiger partial charge in [0.05, 0.1) is 6.54 Å². The van der Waals surface area contributed by atoms with Gasteiger partial charge in [-0.25, -0.2) is 18.1 Å². The van der Waals surface area contributed by atoms with Gasteiger partial charge in [0.2, 0.25) is 0 Å². The quantitative estimate of drug-likeness (QED) is 0.847. The van der Waals surface area contributed by atoms with E-state index in [-0.39, 0.29) is 5.16 Å². The Morgan fingerprint density at radius 1 is 1.21 bits per heavy atom. The van der Waals surface area contributed by atoms with Crippen molar-refractivity contribution in [2.24, 2.45) is 4.99 Å². The van der Waals surface area contributed by atoms with Crippen LogP contribution in [0.4, 0.5) is 5.82 Å². The Labute approximate surface area is 139 Å². The molecule has 0 aliphatic carbocycles. The van der Waals surface area contributed by atoms with Gasteiger partial charge in [0, 0.05) is 23.9 Å². The second-order valence-electron chi connectivity index (χ2n) is 5.42. The second kappa shape index (κ2) is 5.50. The van der Waals surface area contributed by atoms with Gasteiger partial charge in [-0.3, -0.25) is 4.99 Å². The van der Waals surface area contributed by atoms with Crippen LogP contribution in [0.5, 0.6) is 0 Å². The maximum Gasteiger partial charge on any atom is 0.276 e. The molecule has 24 heavy (non-hydrogen) atoms. The molecule has 2 aliphatic heterocycles. The summed E-state index contributed by atoms with van der Waals surface area (Å²) < 4.78 is 26.2. The Kier molecular flexibility index (Phi) is 3.43. The number of benzene rings is 1. The van der Waals surface area contributed by atoms with Crippen LogP contribution in [0.25, 0.3) is 11.6 Å². The van der Waals surface area contributed by atoms with Crippen LogP contribution in [-0.4, -0.2) is 44.4 Å². The molecule has 1 aromatic heterocycles. The Balaban J connectivity index is 1.89. The first-order valence-corrected chi connectivity index (χ1v) is 8.98. The molecule has 0 spiro atoms. The molecule has 0 radical (unpaired) electrons. The molecular weight excluding hydrogens is 326 g/mol. The molecule has 122 valence electrons. The lowest BCUT2D eigenvalue weighted by molar-refractivity contribution is 0.578. The van der Waals surface area contributed by atoms with E-state index < -0.39 is 10.0 Å². The van der Waals surface area contributed by atoms with Gasteiger partial charge >= 0.3 is 0 Å². The average molecular weight is 341 g/mol. The van der Waals surface area contributed by atoms with Crippen LogP contribution in [0.1, 0.15) is 11.1 Å². The van der Waals surface area contributed by atoms with Gasteiger partial charge in [0.1, 0.15) is 11.7 Å². The third kappa shape index (κ3) is 2.31. The smallest absolute Gasteiger partial charge is 0.276 e. The molecule has 2 aliphatic rings. The first-order chi connectivity index (χ1) is 11.6. The van der Waals surface area contributed by atoms with Gasteiger partial charge < -0.3 is 4.90 Å². The lowest BCUT2D eigenvalue weighted by Crippen LogP contribution is -2.33. The van der Waals surface area contributed by atoms with Crippen molar-refractivity contribution in [3.63, 3.8) is 0 Å². The number of aliphatic imine (C=N–C) groups is 1. The van der Waals surface area contributed by atoms with Gasteiger partial charge in [-0.15, -0.1) is 0 Å². The van der Waals surface area contributed by atoms with Crippen molar-refractivity contribution < 1.29 is 8.42 Å². The second-order valence-corrected chi connectivity index (χ2v) is 7.20. The number of hydrogen-bond donors (Lipinski definition) is 1. The first kappa shape index (κ1) is 15.0. The molecule has 1 aromatic carbocycles. The molecule has 4 rings (SSSR count). The minimum absolute atomic E-state index is 0.230. The van der Waals surface area contributed by atoms with Crippen molar-refractivity contribution in [3.8, 4) is 0 Å². The standard InChI is InChI=1S/C16H15N5O2S/c1-17-24(22,23)16-19-10-12-9-13(11-5-3-2-4-6-11)15-18-7-8-21(15)14(12)20-16/h2-6,9-10,17H,7-8H2,1H3. The van der Waals surface area contributed by atoms with E-state index in [1.54, 1.807) is 6.20 Å². The maximum atomic E-state index is 12.0. The predicted molar refractivity (Wildman–Crippen MR) is 92.2 cm³/mol. The third-order valence-electron chi connectivity index (χ3n) is 4.00. The summed E-state index contributed by atoms with van der Waals surface area (Å²) in [5.74, 6) is 1.40. The van der Waals surface area contributed by atoms with E-state index in [4.69, 9.17) is 0 Å². The Hall–Kier alpha value is -2.58. The number of amidine groups is 1. The Morgan fingerprint density at radius 3 is 2.75 bits per heavy atom. The topological polar surface area (TPSA) is 87.5 Å². The number of hydrogen-bond acceptors (Lipinski definition) is 6. The lowest BCUT2D eigenvalue weighted by Gasteiger charge is -2.27. The molecule has 0 atom stereocenters. The van der Waals surface area contributed by atoms with Crippen LogP contribution in [-0.2, 0) is 10.0 Å². The van der Waals surface area contributed by atoms with Crippen LogP contribution < -0.4 is 9.62 Å². The Morgan fingerprint density at radius 2 is 2.00 bits per heavy atom. The summed E-state index contributed by atoms with van der Waals surface area (Å²) in [7, 11) is -2.34. The van der Waals surface area contributed by atoms with E-state index in [0.29, 0.717) is 18.9 Å². The SMILES string of the molecule is CNS(=O)(=O)c1ncc2c(n1)N1CCN=C1C(c1ccccc1)=C2. The van der Waals surface area contributed by atoms with Crippen molar-refractivity contribution in [2.45, 2.75) is 5.16 Å². The highest BCUT2D eigenvalue weighted by Gasteiger charge is 2.31. The highest BCUT2D eigenvalue weighted by atomic mass is 32.2. The summed E-state index contributed by atoms with van der Waals surface area (Å²) in [5.41, 5.74) is 2.83. The molecule has 0 fully saturated rings. The van der Waals surface area contributed by atoms with E-state index in [9.17, 15) is 8.42 Å². The molecule has 0 unspecified atom stereocenters. The zero-order valence-electron chi connectivity index (χ0n) is 13.0. The first-order valence-electron chi connectivity index (χ1n) is 7.50. The molecule has 0 amide bonds. The monoisotopic (exact) mass is 341 g/mol. The van der Waals surface area contributed by atoms with Gasteiger partial charge in [-0.1, -0.05) is 30.3 Å². The molecule has 7 nitrogen and oxygen atoms in total. The van der Waals surface area contributed by atoms with Gasteiger partial charge in [-0.2, -0.15) is 4.98 Å². The number of rotatable bonds is 3. The van der Waals surface area contributed by atoms with Gasteiger partial charge in [0.25, 0.3) is 15.2 Å². The fourth-order valence-corrected chi connectivity index (χ4v) is 3.42. The van der Waals surface area contributed by atoms with Gasteiger partial charge in [0.15, 0.2) is 0 Å². The number of nitrogens with one attached hydrogen (secondary N) is 1. The maximum absolute atomic E-state index is 12.0. The molecular formula is C16H15N5O2S. The minimum atomic E-state index is -3.69. The number of sulfonamides is 1. The number of aromatic nitrogens is 2. The largest absolute Gasteiger partial charge is 0.308 e. The van der Waals surface area contributed by atoms with E-state index in [0.717, 1.165) is 22.5 Å². The minimum Gasteiger partial charge on any atom is -0.308 e. The summed E-state index contributed by atoms with van der Waals surface area (Å²) >= 11 is 0. The molecule has 8 heteroatoms. The van der Waals surface area contributed by atoms with Crippen molar-refractivity contribution in [1.82, 2.24) is 14.7 Å². The lowest BCUT2D eigenvalue weighted by atomic mass is 9.99. The van der Waals surface area contributed by atoms with Crippen molar-refractivity contribution in [1.29, 1.82) is 0 Å². The number of nitrogens with zero attached hydrogens (tertiary/aromatic N) is 4. The molecule has 0 bridgehead atoms. The molecule has 0 saturated heterocycles.